The zero-order valence-electron chi connectivity index (χ0n) is 6.86. The second-order valence-corrected chi connectivity index (χ2v) is 4.73. The molecule has 0 aromatic carbocycles. The van der Waals surface area contributed by atoms with Crippen molar-refractivity contribution in [2.24, 2.45) is 0 Å². The predicted octanol–water partition coefficient (Wildman–Crippen LogP) is -0.772. The Bertz CT molecular complexity index is 112. The van der Waals surface area contributed by atoms with Crippen molar-refractivity contribution in [1.82, 2.24) is 0 Å². The Labute approximate surface area is 74.3 Å². The molecule has 0 N–H and O–H groups in total. The molecule has 0 aliphatic rings. The summed E-state index contributed by atoms with van der Waals surface area (Å²) in [4.78, 5) is 6.37. The molecule has 0 atom stereocenters. The van der Waals surface area contributed by atoms with E-state index in [4.69, 9.17) is 0 Å². The zero-order chi connectivity index (χ0) is 7.66. The average molecular weight is 253 g/mol. The number of hydrogen-bond donors (Lipinski definition) is 0. The van der Waals surface area contributed by atoms with E-state index in [1.54, 1.807) is 0 Å². The van der Waals surface area contributed by atoms with Crippen LogP contribution in [0, 0.1) is 6.07 Å². The van der Waals surface area contributed by atoms with Crippen LogP contribution in [-0.4, -0.2) is 15.9 Å². The summed E-state index contributed by atoms with van der Waals surface area (Å²) in [7, 11) is 0. The molecule has 0 saturated carbocycles. The first kappa shape index (κ1) is 10.2. The van der Waals surface area contributed by atoms with Crippen molar-refractivity contribution in [1.29, 1.82) is 0 Å². The summed E-state index contributed by atoms with van der Waals surface area (Å²) in [6.45, 7) is 2.84. The fourth-order valence-corrected chi connectivity index (χ4v) is 2.01. The van der Waals surface area contributed by atoms with Gasteiger partial charge < -0.3 is 0 Å². The van der Waals surface area contributed by atoms with Crippen molar-refractivity contribution >= 4 is 0 Å². The molecule has 0 aliphatic carbocycles. The van der Waals surface area contributed by atoms with E-state index in [9.17, 15) is 0 Å². The van der Waals surface area contributed by atoms with Crippen molar-refractivity contribution in [2.75, 3.05) is 15.9 Å². The van der Waals surface area contributed by atoms with E-state index in [1.807, 2.05) is 6.92 Å². The molecule has 0 bridgehead atoms. The number of hydrogen-bond acceptors (Lipinski definition) is 0. The van der Waals surface area contributed by atoms with Gasteiger partial charge in [0.2, 0.25) is 0 Å². The summed E-state index contributed by atoms with van der Waals surface area (Å²) in [5.41, 5.74) is 0. The molecule has 60 valence electrons. The van der Waals surface area contributed by atoms with Crippen LogP contribution in [0.2, 0.25) is 0 Å². The zero-order valence-corrected chi connectivity index (χ0v) is 9.02. The van der Waals surface area contributed by atoms with Crippen LogP contribution >= 0.6 is 0 Å². The van der Waals surface area contributed by atoms with Crippen molar-refractivity contribution in [3.63, 3.8) is 0 Å². The van der Waals surface area contributed by atoms with Crippen molar-refractivity contribution in [3.05, 3.63) is 4.85 Å². The maximum absolute atomic E-state index is 4.03. The minimum atomic E-state index is 0.535. The molecule has 0 spiro atoms. The van der Waals surface area contributed by atoms with Gasteiger partial charge in [-0.25, -0.2) is 0 Å². The summed E-state index contributed by atoms with van der Waals surface area (Å²) in [5, 5.41) is 0. The van der Waals surface area contributed by atoms with Crippen LogP contribution in [0.1, 0.15) is 26.2 Å². The number of unbranched alkanes of at least 4 members (excludes halogenated alkanes) is 2. The molecule has 0 fully saturated rings. The summed E-state index contributed by atoms with van der Waals surface area (Å²) < 4.78 is 1.48. The molecular formula is C8H16IN. The fraction of sp³-hybridized carbons (Fsp3) is 0.875. The van der Waals surface area contributed by atoms with Crippen LogP contribution in [-0.2, 0) is 0 Å². The Kier molecular flexibility index (Phi) is 9.42. The molecule has 0 aliphatic heterocycles. The first-order valence-corrected chi connectivity index (χ1v) is 7.37. The van der Waals surface area contributed by atoms with Gasteiger partial charge in [-0.05, 0) is 0 Å². The molecule has 0 heterocycles. The second-order valence-electron chi connectivity index (χ2n) is 2.12. The van der Waals surface area contributed by atoms with Gasteiger partial charge in [0.15, 0.2) is 0 Å². The van der Waals surface area contributed by atoms with E-state index >= 15 is 0 Å². The molecule has 0 aromatic heterocycles. The topological polar surface area (TPSA) is 4.36 Å². The minimum absolute atomic E-state index is 0.535. The maximum atomic E-state index is 4.03. The Hall–Kier alpha value is 0.220. The number of nitrogens with zero attached hydrogens (tertiary/aromatic N) is 1. The average Bonchev–Trinajstić information content (AvgIpc) is 1.97. The van der Waals surface area contributed by atoms with Gasteiger partial charge in [-0.2, -0.15) is 0 Å². The molecular weight excluding hydrogens is 237 g/mol. The number of halogens is 1. The van der Waals surface area contributed by atoms with E-state index in [-0.39, 0.29) is 0 Å². The van der Waals surface area contributed by atoms with E-state index in [0.29, 0.717) is 21.2 Å². The van der Waals surface area contributed by atoms with Crippen molar-refractivity contribution in [2.45, 2.75) is 26.2 Å². The predicted molar refractivity (Wildman–Crippen MR) is 42.4 cm³/mol. The molecule has 0 saturated heterocycles. The van der Waals surface area contributed by atoms with E-state index in [1.165, 1.54) is 23.7 Å². The van der Waals surface area contributed by atoms with Gasteiger partial charge in [0, 0.05) is 0 Å². The van der Waals surface area contributed by atoms with Gasteiger partial charge in [-0.3, -0.25) is 0 Å². The van der Waals surface area contributed by atoms with Gasteiger partial charge in [-0.1, -0.05) is 0 Å². The van der Waals surface area contributed by atoms with Gasteiger partial charge in [0.25, 0.3) is 0 Å². The second kappa shape index (κ2) is 9.22. The molecule has 0 rings (SSSR count). The van der Waals surface area contributed by atoms with Crippen LogP contribution in [0.5, 0.6) is 0 Å². The summed E-state index contributed by atoms with van der Waals surface area (Å²) in [5.74, 6) is 0. The monoisotopic (exact) mass is 253 g/mol. The van der Waals surface area contributed by atoms with Crippen LogP contribution in [0.15, 0.2) is 0 Å². The molecule has 0 aromatic rings. The third-order valence-corrected chi connectivity index (χ3v) is 3.09. The Morgan fingerprint density at radius 3 is 2.70 bits per heavy atom. The van der Waals surface area contributed by atoms with E-state index in [0.717, 1.165) is 6.54 Å². The molecule has 0 radical (unpaired) electrons. The van der Waals surface area contributed by atoms with Gasteiger partial charge >= 0.3 is 74.2 Å². The third-order valence-electron chi connectivity index (χ3n) is 1.25. The molecule has 0 amide bonds. The standard InChI is InChI=1S/C8H16IN/c1-3-10-8-6-4-5-7-9-2/h4-8H2,1-2H3. The third kappa shape index (κ3) is 8.22. The molecule has 10 heavy (non-hydrogen) atoms. The summed E-state index contributed by atoms with van der Waals surface area (Å²) in [6, 6.07) is 2.79. The molecule has 2 heteroatoms. The summed E-state index contributed by atoms with van der Waals surface area (Å²) >= 11 is 0.535. The molecule has 0 unspecified atom stereocenters. The van der Waals surface area contributed by atoms with E-state index < -0.39 is 0 Å². The molecule has 1 nitrogen and oxygen atoms in total. The van der Waals surface area contributed by atoms with Gasteiger partial charge in [-0.15, -0.1) is 0 Å². The SMILES string of the molecule is CC#[N+]CCCCC[I-]C. The Morgan fingerprint density at radius 1 is 1.30 bits per heavy atom. The van der Waals surface area contributed by atoms with Crippen LogP contribution in [0.3, 0.4) is 0 Å². The number of rotatable bonds is 5. The van der Waals surface area contributed by atoms with Crippen LogP contribution < -0.4 is 21.2 Å². The van der Waals surface area contributed by atoms with Gasteiger partial charge in [0.1, 0.15) is 0 Å². The van der Waals surface area contributed by atoms with Gasteiger partial charge in [0.05, 0.1) is 0 Å². The Balaban J connectivity index is 2.82. The normalized spacial score (nSPS) is 9.00. The first-order valence-electron chi connectivity index (χ1n) is 3.69. The quantitative estimate of drug-likeness (QED) is 0.344. The van der Waals surface area contributed by atoms with Crippen LogP contribution in [0.4, 0.5) is 0 Å². The van der Waals surface area contributed by atoms with Crippen LogP contribution in [0.25, 0.3) is 4.85 Å². The summed E-state index contributed by atoms with van der Waals surface area (Å²) in [6.07, 6.45) is 4.03. The fourth-order valence-electron chi connectivity index (χ4n) is 0.708. The van der Waals surface area contributed by atoms with Crippen molar-refractivity contribution in [3.8, 4) is 6.07 Å². The Morgan fingerprint density at radius 2 is 2.10 bits per heavy atom. The number of alkyl halides is 2. The first-order chi connectivity index (χ1) is 4.91. The van der Waals surface area contributed by atoms with Crippen molar-refractivity contribution < 1.29 is 21.2 Å². The van der Waals surface area contributed by atoms with E-state index in [2.05, 4.69) is 15.8 Å².